The van der Waals surface area contributed by atoms with Gasteiger partial charge in [-0.15, -0.1) is 0 Å². The normalized spacial score (nSPS) is 11.9. The first-order valence-electron chi connectivity index (χ1n) is 6.99. The number of rotatable bonds is 6. The highest BCUT2D eigenvalue weighted by Gasteiger charge is 2.13. The zero-order chi connectivity index (χ0) is 15.9. The molecule has 0 radical (unpaired) electrons. The van der Waals surface area contributed by atoms with Gasteiger partial charge in [-0.1, -0.05) is 35.9 Å². The smallest absolute Gasteiger partial charge is 0.224 e. The van der Waals surface area contributed by atoms with Gasteiger partial charge in [-0.05, 0) is 41.8 Å². The second-order valence-electron chi connectivity index (χ2n) is 5.12. The number of hydrogen-bond donors (Lipinski definition) is 3. The first kappa shape index (κ1) is 16.3. The molecule has 3 N–H and O–H groups in total. The number of phenols is 1. The number of aliphatic hydroxyl groups excluding tert-OH is 1. The Labute approximate surface area is 134 Å². The van der Waals surface area contributed by atoms with Gasteiger partial charge >= 0.3 is 0 Å². The summed E-state index contributed by atoms with van der Waals surface area (Å²) in [6.45, 7) is -0.151. The van der Waals surface area contributed by atoms with Gasteiger partial charge in [-0.3, -0.25) is 4.79 Å². The standard InChI is InChI=1S/C17H18ClNO3/c18-14-3-1-2-13(8-14)10-17(22)19-15(11-20)9-12-4-6-16(21)7-5-12/h1-8,15,20-21H,9-11H2,(H,19,22)/t15-/m0/s1. The highest BCUT2D eigenvalue weighted by Crippen LogP contribution is 2.13. The molecule has 0 spiro atoms. The van der Waals surface area contributed by atoms with E-state index in [4.69, 9.17) is 11.6 Å². The number of carbonyl (C=O) groups is 1. The van der Waals surface area contributed by atoms with Crippen LogP contribution in [-0.4, -0.2) is 28.8 Å². The van der Waals surface area contributed by atoms with E-state index in [1.807, 2.05) is 6.07 Å². The van der Waals surface area contributed by atoms with E-state index >= 15 is 0 Å². The highest BCUT2D eigenvalue weighted by molar-refractivity contribution is 6.30. The molecule has 0 bridgehead atoms. The SMILES string of the molecule is O=C(Cc1cccc(Cl)c1)N[C@H](CO)Cc1ccc(O)cc1. The van der Waals surface area contributed by atoms with Gasteiger partial charge in [-0.25, -0.2) is 0 Å². The van der Waals surface area contributed by atoms with Gasteiger partial charge in [0.2, 0.25) is 5.91 Å². The fourth-order valence-corrected chi connectivity index (χ4v) is 2.40. The summed E-state index contributed by atoms with van der Waals surface area (Å²) in [7, 11) is 0. The van der Waals surface area contributed by atoms with Crippen molar-refractivity contribution in [1.82, 2.24) is 5.32 Å². The van der Waals surface area contributed by atoms with Crippen molar-refractivity contribution in [2.24, 2.45) is 0 Å². The molecule has 1 amide bonds. The molecule has 0 saturated carbocycles. The Hall–Kier alpha value is -2.04. The van der Waals surface area contributed by atoms with Crippen molar-refractivity contribution in [2.75, 3.05) is 6.61 Å². The van der Waals surface area contributed by atoms with Crippen LogP contribution in [0.25, 0.3) is 0 Å². The minimum atomic E-state index is -0.365. The van der Waals surface area contributed by atoms with Crippen LogP contribution in [0.2, 0.25) is 5.02 Å². The molecule has 2 rings (SSSR count). The summed E-state index contributed by atoms with van der Waals surface area (Å²) in [4.78, 5) is 12.0. The number of halogens is 1. The molecular weight excluding hydrogens is 302 g/mol. The van der Waals surface area contributed by atoms with E-state index in [1.165, 1.54) is 0 Å². The molecule has 0 heterocycles. The molecule has 5 heteroatoms. The molecule has 0 aliphatic heterocycles. The van der Waals surface area contributed by atoms with Crippen molar-refractivity contribution in [3.63, 3.8) is 0 Å². The number of phenolic OH excluding ortho intramolecular Hbond substituents is 1. The summed E-state index contributed by atoms with van der Waals surface area (Å²) in [6, 6.07) is 13.5. The number of carbonyl (C=O) groups excluding carboxylic acids is 1. The maximum Gasteiger partial charge on any atom is 0.224 e. The Morgan fingerprint density at radius 3 is 2.50 bits per heavy atom. The van der Waals surface area contributed by atoms with E-state index < -0.39 is 0 Å². The van der Waals surface area contributed by atoms with Crippen LogP contribution in [-0.2, 0) is 17.6 Å². The van der Waals surface area contributed by atoms with Crippen LogP contribution in [0.15, 0.2) is 48.5 Å². The maximum atomic E-state index is 12.0. The first-order valence-corrected chi connectivity index (χ1v) is 7.37. The van der Waals surface area contributed by atoms with Crippen LogP contribution < -0.4 is 5.32 Å². The van der Waals surface area contributed by atoms with Gasteiger partial charge in [0.15, 0.2) is 0 Å². The third kappa shape index (κ3) is 5.06. The number of aliphatic hydroxyl groups is 1. The van der Waals surface area contributed by atoms with E-state index in [2.05, 4.69) is 5.32 Å². The molecular formula is C17H18ClNO3. The molecule has 0 aromatic heterocycles. The predicted octanol–water partition coefficient (Wildman–Crippen LogP) is 2.31. The van der Waals surface area contributed by atoms with Gasteiger partial charge in [0.25, 0.3) is 0 Å². The summed E-state index contributed by atoms with van der Waals surface area (Å²) >= 11 is 5.89. The lowest BCUT2D eigenvalue weighted by molar-refractivity contribution is -0.121. The van der Waals surface area contributed by atoms with Crippen molar-refractivity contribution in [2.45, 2.75) is 18.9 Å². The fourth-order valence-electron chi connectivity index (χ4n) is 2.19. The van der Waals surface area contributed by atoms with Gasteiger partial charge in [0, 0.05) is 5.02 Å². The van der Waals surface area contributed by atoms with Crippen LogP contribution >= 0.6 is 11.6 Å². The van der Waals surface area contributed by atoms with Crippen molar-refractivity contribution in [3.05, 3.63) is 64.7 Å². The van der Waals surface area contributed by atoms with E-state index in [0.717, 1.165) is 11.1 Å². The molecule has 0 fully saturated rings. The van der Waals surface area contributed by atoms with Gasteiger partial charge in [0.1, 0.15) is 5.75 Å². The molecule has 2 aromatic carbocycles. The lowest BCUT2D eigenvalue weighted by Crippen LogP contribution is -2.39. The van der Waals surface area contributed by atoms with Crippen LogP contribution in [0.5, 0.6) is 5.75 Å². The van der Waals surface area contributed by atoms with Gasteiger partial charge in [0.05, 0.1) is 19.1 Å². The quantitative estimate of drug-likeness (QED) is 0.765. The molecule has 2 aromatic rings. The number of amides is 1. The third-order valence-corrected chi connectivity index (χ3v) is 3.49. The largest absolute Gasteiger partial charge is 0.508 e. The summed E-state index contributed by atoms with van der Waals surface area (Å²) in [5.41, 5.74) is 1.76. The van der Waals surface area contributed by atoms with Crippen LogP contribution in [0, 0.1) is 0 Å². The Morgan fingerprint density at radius 1 is 1.14 bits per heavy atom. The van der Waals surface area contributed by atoms with Gasteiger partial charge in [-0.2, -0.15) is 0 Å². The molecule has 22 heavy (non-hydrogen) atoms. The second-order valence-corrected chi connectivity index (χ2v) is 5.56. The number of benzene rings is 2. The summed E-state index contributed by atoms with van der Waals surface area (Å²) in [5, 5.41) is 22.1. The van der Waals surface area contributed by atoms with Crippen molar-refractivity contribution < 1.29 is 15.0 Å². The molecule has 1 atom stereocenters. The van der Waals surface area contributed by atoms with Crippen LogP contribution in [0.3, 0.4) is 0 Å². The topological polar surface area (TPSA) is 69.6 Å². The van der Waals surface area contributed by atoms with E-state index in [-0.39, 0.29) is 30.7 Å². The maximum absolute atomic E-state index is 12.0. The second kappa shape index (κ2) is 7.82. The molecule has 116 valence electrons. The number of nitrogens with one attached hydrogen (secondary N) is 1. The average Bonchev–Trinajstić information content (AvgIpc) is 2.48. The lowest BCUT2D eigenvalue weighted by atomic mass is 10.1. The third-order valence-electron chi connectivity index (χ3n) is 3.26. The molecule has 0 saturated heterocycles. The Bertz CT molecular complexity index is 628. The minimum Gasteiger partial charge on any atom is -0.508 e. The van der Waals surface area contributed by atoms with Gasteiger partial charge < -0.3 is 15.5 Å². The van der Waals surface area contributed by atoms with Crippen LogP contribution in [0.4, 0.5) is 0 Å². The first-order chi connectivity index (χ1) is 10.6. The summed E-state index contributed by atoms with van der Waals surface area (Å²) in [5.74, 6) is 0.0226. The number of hydrogen-bond acceptors (Lipinski definition) is 3. The van der Waals surface area contributed by atoms with E-state index in [0.29, 0.717) is 11.4 Å². The molecule has 0 unspecified atom stereocenters. The average molecular weight is 320 g/mol. The highest BCUT2D eigenvalue weighted by atomic mass is 35.5. The predicted molar refractivity (Wildman–Crippen MR) is 86.0 cm³/mol. The lowest BCUT2D eigenvalue weighted by Gasteiger charge is -2.16. The zero-order valence-corrected chi connectivity index (χ0v) is 12.8. The fraction of sp³-hybridized carbons (Fsp3) is 0.235. The van der Waals surface area contributed by atoms with Crippen molar-refractivity contribution in [1.29, 1.82) is 0 Å². The molecule has 0 aliphatic rings. The molecule has 4 nitrogen and oxygen atoms in total. The van der Waals surface area contributed by atoms with Crippen molar-refractivity contribution >= 4 is 17.5 Å². The summed E-state index contributed by atoms with van der Waals surface area (Å²) in [6.07, 6.45) is 0.713. The summed E-state index contributed by atoms with van der Waals surface area (Å²) < 4.78 is 0. The zero-order valence-electron chi connectivity index (χ0n) is 12.0. The van der Waals surface area contributed by atoms with Crippen molar-refractivity contribution in [3.8, 4) is 5.75 Å². The number of aromatic hydroxyl groups is 1. The Kier molecular flexibility index (Phi) is 5.81. The van der Waals surface area contributed by atoms with E-state index in [9.17, 15) is 15.0 Å². The minimum absolute atomic E-state index is 0.151. The Morgan fingerprint density at radius 2 is 1.86 bits per heavy atom. The van der Waals surface area contributed by atoms with E-state index in [1.54, 1.807) is 42.5 Å². The Balaban J connectivity index is 1.91. The monoisotopic (exact) mass is 319 g/mol. The molecule has 0 aliphatic carbocycles. The van der Waals surface area contributed by atoms with Crippen LogP contribution in [0.1, 0.15) is 11.1 Å².